The number of likely N-dealkylation sites (N-methyl/N-ethyl adjacent to an activating group) is 1. The average Bonchev–Trinajstić information content (AvgIpc) is 2.50. The lowest BCUT2D eigenvalue weighted by atomic mass is 10.0. The summed E-state index contributed by atoms with van der Waals surface area (Å²) in [6, 6.07) is 0. The van der Waals surface area contributed by atoms with Gasteiger partial charge in [-0.05, 0) is 39.5 Å². The van der Waals surface area contributed by atoms with Crippen molar-refractivity contribution in [3.05, 3.63) is 0 Å². The topological polar surface area (TPSA) is 26.7 Å². The van der Waals surface area contributed by atoms with Gasteiger partial charge >= 0.3 is 0 Å². The predicted molar refractivity (Wildman–Crippen MR) is 54.8 cm³/mol. The Morgan fingerprint density at radius 2 is 2.23 bits per heavy atom. The Balaban J connectivity index is 2.28. The van der Waals surface area contributed by atoms with Crippen molar-refractivity contribution in [2.24, 2.45) is 5.92 Å². The molecule has 1 N–H and O–H groups in total. The summed E-state index contributed by atoms with van der Waals surface area (Å²) in [5.41, 5.74) is 0. The van der Waals surface area contributed by atoms with E-state index in [2.05, 4.69) is 16.7 Å². The van der Waals surface area contributed by atoms with Crippen LogP contribution in [0.15, 0.2) is 0 Å². The van der Waals surface area contributed by atoms with Crippen LogP contribution in [-0.4, -0.2) is 61.3 Å². The van der Waals surface area contributed by atoms with Crippen molar-refractivity contribution in [1.82, 2.24) is 9.80 Å². The molecule has 0 aromatic carbocycles. The fraction of sp³-hybridized carbons (Fsp3) is 1.00. The van der Waals surface area contributed by atoms with Crippen LogP contribution in [0.2, 0.25) is 0 Å². The molecule has 0 spiro atoms. The smallest absolute Gasteiger partial charge is 0.0707 e. The van der Waals surface area contributed by atoms with E-state index in [9.17, 15) is 5.11 Å². The zero-order valence-corrected chi connectivity index (χ0v) is 9.03. The molecule has 0 aromatic heterocycles. The van der Waals surface area contributed by atoms with Crippen LogP contribution >= 0.6 is 0 Å². The third kappa shape index (κ3) is 3.25. The van der Waals surface area contributed by atoms with Crippen molar-refractivity contribution in [2.75, 3.05) is 40.3 Å². The molecule has 78 valence electrons. The maximum atomic E-state index is 9.86. The average molecular weight is 186 g/mol. The van der Waals surface area contributed by atoms with Crippen molar-refractivity contribution >= 4 is 0 Å². The van der Waals surface area contributed by atoms with E-state index in [0.29, 0.717) is 5.92 Å². The minimum Gasteiger partial charge on any atom is -0.391 e. The van der Waals surface area contributed by atoms with Crippen molar-refractivity contribution in [1.29, 1.82) is 0 Å². The van der Waals surface area contributed by atoms with E-state index < -0.39 is 0 Å². The molecule has 1 saturated heterocycles. The molecule has 0 saturated carbocycles. The molecule has 0 bridgehead atoms. The van der Waals surface area contributed by atoms with E-state index in [-0.39, 0.29) is 6.10 Å². The Kier molecular flexibility index (Phi) is 4.16. The van der Waals surface area contributed by atoms with Gasteiger partial charge in [0.1, 0.15) is 0 Å². The van der Waals surface area contributed by atoms with E-state index in [1.165, 1.54) is 0 Å². The fourth-order valence-corrected chi connectivity index (χ4v) is 1.99. The van der Waals surface area contributed by atoms with Crippen molar-refractivity contribution in [2.45, 2.75) is 19.4 Å². The molecule has 1 rings (SSSR count). The van der Waals surface area contributed by atoms with Gasteiger partial charge in [-0.25, -0.2) is 0 Å². The number of aliphatic hydroxyl groups excluding tert-OH is 1. The summed E-state index contributed by atoms with van der Waals surface area (Å²) in [4.78, 5) is 4.46. The summed E-state index contributed by atoms with van der Waals surface area (Å²) in [5.74, 6) is 0.488. The second-order valence-electron chi connectivity index (χ2n) is 4.27. The molecule has 0 radical (unpaired) electrons. The quantitative estimate of drug-likeness (QED) is 0.682. The van der Waals surface area contributed by atoms with Crippen LogP contribution in [0.4, 0.5) is 0 Å². The van der Waals surface area contributed by atoms with Gasteiger partial charge in [0, 0.05) is 13.1 Å². The summed E-state index contributed by atoms with van der Waals surface area (Å²) >= 11 is 0. The molecule has 1 fully saturated rings. The van der Waals surface area contributed by atoms with Crippen LogP contribution in [0.1, 0.15) is 13.3 Å². The largest absolute Gasteiger partial charge is 0.391 e. The number of nitrogens with zero attached hydrogens (tertiary/aromatic N) is 2. The van der Waals surface area contributed by atoms with Crippen LogP contribution in [0.3, 0.4) is 0 Å². The van der Waals surface area contributed by atoms with Gasteiger partial charge < -0.3 is 14.9 Å². The standard InChI is InChI=1S/C10H22N2O/c1-4-12-6-5-9(7-12)10(13)8-11(2)3/h9-10,13H,4-8H2,1-3H3. The van der Waals surface area contributed by atoms with E-state index in [1.54, 1.807) is 0 Å². The molecule has 1 aliphatic rings. The van der Waals surface area contributed by atoms with Gasteiger partial charge in [0.15, 0.2) is 0 Å². The second-order valence-corrected chi connectivity index (χ2v) is 4.27. The molecule has 13 heavy (non-hydrogen) atoms. The zero-order valence-electron chi connectivity index (χ0n) is 9.03. The Morgan fingerprint density at radius 3 is 2.69 bits per heavy atom. The summed E-state index contributed by atoms with van der Waals surface area (Å²) in [6.45, 7) is 6.32. The Hall–Kier alpha value is -0.120. The minimum absolute atomic E-state index is 0.147. The summed E-state index contributed by atoms with van der Waals surface area (Å²) < 4.78 is 0. The van der Waals surface area contributed by atoms with E-state index >= 15 is 0 Å². The second kappa shape index (κ2) is 4.94. The first-order chi connectivity index (χ1) is 6.13. The van der Waals surface area contributed by atoms with E-state index in [0.717, 1.165) is 32.6 Å². The summed E-state index contributed by atoms with van der Waals surface area (Å²) in [5, 5.41) is 9.86. The minimum atomic E-state index is -0.147. The first-order valence-electron chi connectivity index (χ1n) is 5.18. The normalized spacial score (nSPS) is 27.0. The highest BCUT2D eigenvalue weighted by Gasteiger charge is 2.27. The van der Waals surface area contributed by atoms with Gasteiger partial charge in [-0.15, -0.1) is 0 Å². The highest BCUT2D eigenvalue weighted by atomic mass is 16.3. The third-order valence-corrected chi connectivity index (χ3v) is 2.85. The highest BCUT2D eigenvalue weighted by molar-refractivity contribution is 4.81. The summed E-state index contributed by atoms with van der Waals surface area (Å²) in [6.07, 6.45) is 1.01. The van der Waals surface area contributed by atoms with Crippen LogP contribution < -0.4 is 0 Å². The number of hydrogen-bond acceptors (Lipinski definition) is 3. The van der Waals surface area contributed by atoms with Crippen LogP contribution in [0.25, 0.3) is 0 Å². The first kappa shape index (κ1) is 11.0. The third-order valence-electron chi connectivity index (χ3n) is 2.85. The maximum absolute atomic E-state index is 9.86. The van der Waals surface area contributed by atoms with Gasteiger partial charge in [0.25, 0.3) is 0 Å². The van der Waals surface area contributed by atoms with Crippen LogP contribution in [0, 0.1) is 5.92 Å². The molecule has 1 heterocycles. The zero-order chi connectivity index (χ0) is 9.84. The lowest BCUT2D eigenvalue weighted by Crippen LogP contribution is -2.34. The number of hydrogen-bond donors (Lipinski definition) is 1. The Morgan fingerprint density at radius 1 is 1.54 bits per heavy atom. The van der Waals surface area contributed by atoms with Crippen molar-refractivity contribution in [3.63, 3.8) is 0 Å². The van der Waals surface area contributed by atoms with Gasteiger partial charge in [-0.2, -0.15) is 0 Å². The van der Waals surface area contributed by atoms with Crippen molar-refractivity contribution < 1.29 is 5.11 Å². The lowest BCUT2D eigenvalue weighted by molar-refractivity contribution is 0.0826. The van der Waals surface area contributed by atoms with Crippen molar-refractivity contribution in [3.8, 4) is 0 Å². The number of rotatable bonds is 4. The van der Waals surface area contributed by atoms with Gasteiger partial charge in [-0.3, -0.25) is 0 Å². The SMILES string of the molecule is CCN1CCC(C(O)CN(C)C)C1. The number of likely N-dealkylation sites (tertiary alicyclic amines) is 1. The summed E-state index contributed by atoms with van der Waals surface area (Å²) in [7, 11) is 4.02. The van der Waals surface area contributed by atoms with Crippen LogP contribution in [-0.2, 0) is 0 Å². The van der Waals surface area contributed by atoms with Crippen LogP contribution in [0.5, 0.6) is 0 Å². The lowest BCUT2D eigenvalue weighted by Gasteiger charge is -2.21. The Labute approximate surface area is 81.3 Å². The molecule has 0 aliphatic carbocycles. The molecular formula is C10H22N2O. The van der Waals surface area contributed by atoms with E-state index in [4.69, 9.17) is 0 Å². The highest BCUT2D eigenvalue weighted by Crippen LogP contribution is 2.19. The maximum Gasteiger partial charge on any atom is 0.0707 e. The molecule has 2 atom stereocenters. The molecule has 2 unspecified atom stereocenters. The Bertz CT molecular complexity index is 150. The molecule has 0 amide bonds. The molecular weight excluding hydrogens is 164 g/mol. The number of aliphatic hydroxyl groups is 1. The van der Waals surface area contributed by atoms with Gasteiger partial charge in [0.2, 0.25) is 0 Å². The van der Waals surface area contributed by atoms with E-state index in [1.807, 2.05) is 14.1 Å². The fourth-order valence-electron chi connectivity index (χ4n) is 1.99. The van der Waals surface area contributed by atoms with Gasteiger partial charge in [-0.1, -0.05) is 6.92 Å². The molecule has 3 nitrogen and oxygen atoms in total. The molecule has 0 aromatic rings. The first-order valence-corrected chi connectivity index (χ1v) is 5.18. The predicted octanol–water partition coefficient (Wildman–Crippen LogP) is 0.251. The molecule has 1 aliphatic heterocycles. The molecule has 3 heteroatoms. The van der Waals surface area contributed by atoms with Gasteiger partial charge in [0.05, 0.1) is 6.10 Å². The monoisotopic (exact) mass is 186 g/mol.